The molecule has 1 spiro atoms. The van der Waals surface area contributed by atoms with Crippen molar-refractivity contribution < 1.29 is 9.53 Å². The monoisotopic (exact) mass is 359 g/mol. The first-order chi connectivity index (χ1) is 12.2. The van der Waals surface area contributed by atoms with Gasteiger partial charge in [0, 0.05) is 24.3 Å². The average molecular weight is 359 g/mol. The number of pyridine rings is 1. The number of rotatable bonds is 5. The number of urea groups is 1. The largest absolute Gasteiger partial charge is 0.378 e. The second kappa shape index (κ2) is 6.68. The number of carbonyl (C=O) groups excluding carboxylic acids is 1. The van der Waals surface area contributed by atoms with Crippen molar-refractivity contribution in [2.24, 2.45) is 5.41 Å². The van der Waals surface area contributed by atoms with E-state index < -0.39 is 0 Å². The molecule has 2 fully saturated rings. The number of ether oxygens (including phenoxy) is 1. The Morgan fingerprint density at radius 3 is 2.96 bits per heavy atom. The lowest BCUT2D eigenvalue weighted by Crippen LogP contribution is -2.68. The van der Waals surface area contributed by atoms with E-state index in [4.69, 9.17) is 4.74 Å². The number of hydrogen-bond acceptors (Lipinski definition) is 6. The first-order valence-electron chi connectivity index (χ1n) is 8.65. The molecule has 2 atom stereocenters. The molecule has 2 saturated carbocycles. The molecule has 2 N–H and O–H groups in total. The minimum absolute atomic E-state index is 0.146. The molecule has 2 aliphatic rings. The van der Waals surface area contributed by atoms with Gasteiger partial charge in [-0.15, -0.1) is 10.2 Å². The molecule has 0 aromatic carbocycles. The predicted molar refractivity (Wildman–Crippen MR) is 95.4 cm³/mol. The lowest BCUT2D eigenvalue weighted by Gasteiger charge is -2.60. The molecule has 0 saturated heterocycles. The predicted octanol–water partition coefficient (Wildman–Crippen LogP) is 3.07. The molecule has 2 heterocycles. The summed E-state index contributed by atoms with van der Waals surface area (Å²) in [6, 6.07) is 5.57. The number of anilines is 1. The fourth-order valence-electron chi connectivity index (χ4n) is 3.80. The minimum atomic E-state index is -0.227. The van der Waals surface area contributed by atoms with E-state index in [1.54, 1.807) is 6.20 Å². The fraction of sp³-hybridized carbons (Fsp3) is 0.529. The molecular weight excluding hydrogens is 338 g/mol. The SMILES string of the molecule is CCOC1CC(NC(=O)Nc2nnc(-c3ccccn3)s2)C12CCC2. The van der Waals surface area contributed by atoms with Crippen molar-refractivity contribution >= 4 is 22.5 Å². The van der Waals surface area contributed by atoms with Crippen LogP contribution in [0.25, 0.3) is 10.7 Å². The van der Waals surface area contributed by atoms with Crippen LogP contribution in [0.4, 0.5) is 9.93 Å². The molecule has 0 radical (unpaired) electrons. The summed E-state index contributed by atoms with van der Waals surface area (Å²) in [4.78, 5) is 16.6. The second-order valence-corrected chi connectivity index (χ2v) is 7.52. The van der Waals surface area contributed by atoms with Crippen molar-refractivity contribution in [3.8, 4) is 10.7 Å². The van der Waals surface area contributed by atoms with Crippen LogP contribution in [0.1, 0.15) is 32.6 Å². The maximum Gasteiger partial charge on any atom is 0.321 e. The summed E-state index contributed by atoms with van der Waals surface area (Å²) >= 11 is 1.31. The summed E-state index contributed by atoms with van der Waals surface area (Å²) in [5.41, 5.74) is 0.897. The third-order valence-corrected chi connectivity index (χ3v) is 6.13. The smallest absolute Gasteiger partial charge is 0.321 e. The van der Waals surface area contributed by atoms with E-state index in [1.165, 1.54) is 17.8 Å². The van der Waals surface area contributed by atoms with E-state index in [-0.39, 0.29) is 23.6 Å². The molecule has 4 rings (SSSR count). The normalized spacial score (nSPS) is 23.6. The van der Waals surface area contributed by atoms with Gasteiger partial charge in [-0.05, 0) is 38.3 Å². The van der Waals surface area contributed by atoms with Crippen LogP contribution in [0.2, 0.25) is 0 Å². The van der Waals surface area contributed by atoms with E-state index in [0.29, 0.717) is 10.1 Å². The standard InChI is InChI=1S/C17H21N5O2S/c1-2-24-13-10-12(17(13)7-5-8-17)19-15(23)20-16-22-21-14(25-16)11-6-3-4-9-18-11/h3-4,6,9,12-13H,2,5,7-8,10H2,1H3,(H2,19,20,22,23). The maximum atomic E-state index is 12.3. The van der Waals surface area contributed by atoms with Gasteiger partial charge in [-0.3, -0.25) is 10.3 Å². The van der Waals surface area contributed by atoms with Crippen molar-refractivity contribution in [2.45, 2.75) is 44.8 Å². The van der Waals surface area contributed by atoms with Crippen LogP contribution in [0.5, 0.6) is 0 Å². The van der Waals surface area contributed by atoms with Crippen LogP contribution in [-0.4, -0.2) is 40.0 Å². The zero-order valence-corrected chi connectivity index (χ0v) is 14.9. The van der Waals surface area contributed by atoms with E-state index in [0.717, 1.165) is 31.6 Å². The van der Waals surface area contributed by atoms with Crippen molar-refractivity contribution in [3.05, 3.63) is 24.4 Å². The van der Waals surface area contributed by atoms with Crippen LogP contribution >= 0.6 is 11.3 Å². The van der Waals surface area contributed by atoms with Gasteiger partial charge in [0.25, 0.3) is 0 Å². The maximum absolute atomic E-state index is 12.3. The molecule has 2 unspecified atom stereocenters. The third-order valence-electron chi connectivity index (χ3n) is 5.27. The molecule has 2 aromatic heterocycles. The van der Waals surface area contributed by atoms with Gasteiger partial charge in [-0.1, -0.05) is 23.8 Å². The van der Waals surface area contributed by atoms with E-state index >= 15 is 0 Å². The number of amides is 2. The summed E-state index contributed by atoms with van der Waals surface area (Å²) < 4.78 is 5.82. The van der Waals surface area contributed by atoms with Crippen LogP contribution in [-0.2, 0) is 4.74 Å². The molecule has 7 nitrogen and oxygen atoms in total. The Hall–Kier alpha value is -2.06. The molecular formula is C17H21N5O2S. The highest BCUT2D eigenvalue weighted by atomic mass is 32.1. The summed E-state index contributed by atoms with van der Waals surface area (Å²) in [5.74, 6) is 0. The van der Waals surface area contributed by atoms with E-state index in [2.05, 4.69) is 25.8 Å². The number of nitrogens with zero attached hydrogens (tertiary/aromatic N) is 3. The molecule has 132 valence electrons. The van der Waals surface area contributed by atoms with Crippen LogP contribution in [0, 0.1) is 5.41 Å². The number of hydrogen-bond donors (Lipinski definition) is 2. The molecule has 0 bridgehead atoms. The molecule has 2 amide bonds. The number of nitrogens with one attached hydrogen (secondary N) is 2. The molecule has 25 heavy (non-hydrogen) atoms. The highest BCUT2D eigenvalue weighted by Crippen LogP contribution is 2.57. The van der Waals surface area contributed by atoms with Crippen LogP contribution in [0.3, 0.4) is 0 Å². The van der Waals surface area contributed by atoms with Crippen molar-refractivity contribution in [1.29, 1.82) is 0 Å². The minimum Gasteiger partial charge on any atom is -0.378 e. The van der Waals surface area contributed by atoms with Crippen molar-refractivity contribution in [2.75, 3.05) is 11.9 Å². The number of aromatic nitrogens is 3. The van der Waals surface area contributed by atoms with E-state index in [1.807, 2.05) is 25.1 Å². The Labute approximate surface area is 150 Å². The summed E-state index contributed by atoms with van der Waals surface area (Å²) in [5, 5.41) is 15.2. The van der Waals surface area contributed by atoms with Crippen molar-refractivity contribution in [3.63, 3.8) is 0 Å². The van der Waals surface area contributed by atoms with Gasteiger partial charge in [-0.2, -0.15) is 0 Å². The molecule has 0 aliphatic heterocycles. The lowest BCUT2D eigenvalue weighted by atomic mass is 9.51. The lowest BCUT2D eigenvalue weighted by molar-refractivity contribution is -0.169. The highest BCUT2D eigenvalue weighted by Gasteiger charge is 2.59. The van der Waals surface area contributed by atoms with Gasteiger partial charge in [0.2, 0.25) is 5.13 Å². The first kappa shape index (κ1) is 16.4. The Morgan fingerprint density at radius 2 is 2.28 bits per heavy atom. The Balaban J connectivity index is 1.35. The zero-order valence-electron chi connectivity index (χ0n) is 14.1. The van der Waals surface area contributed by atoms with Crippen molar-refractivity contribution in [1.82, 2.24) is 20.5 Å². The first-order valence-corrected chi connectivity index (χ1v) is 9.47. The van der Waals surface area contributed by atoms with Crippen LogP contribution in [0.15, 0.2) is 24.4 Å². The Bertz CT molecular complexity index is 747. The third kappa shape index (κ3) is 3.00. The van der Waals surface area contributed by atoms with Gasteiger partial charge in [0.15, 0.2) is 5.01 Å². The molecule has 2 aromatic rings. The zero-order chi connectivity index (χ0) is 17.3. The highest BCUT2D eigenvalue weighted by molar-refractivity contribution is 7.18. The summed E-state index contributed by atoms with van der Waals surface area (Å²) in [7, 11) is 0. The van der Waals surface area contributed by atoms with E-state index in [9.17, 15) is 4.79 Å². The topological polar surface area (TPSA) is 89.0 Å². The summed E-state index contributed by atoms with van der Waals surface area (Å²) in [6.45, 7) is 2.75. The van der Waals surface area contributed by atoms with Gasteiger partial charge in [0.1, 0.15) is 5.69 Å². The Kier molecular flexibility index (Phi) is 4.39. The quantitative estimate of drug-likeness (QED) is 0.856. The number of carbonyl (C=O) groups is 1. The van der Waals surface area contributed by atoms with Gasteiger partial charge in [0.05, 0.1) is 6.10 Å². The van der Waals surface area contributed by atoms with Gasteiger partial charge >= 0.3 is 6.03 Å². The molecule has 8 heteroatoms. The Morgan fingerprint density at radius 1 is 1.40 bits per heavy atom. The van der Waals surface area contributed by atoms with Gasteiger partial charge in [-0.25, -0.2) is 4.79 Å². The summed E-state index contributed by atoms with van der Waals surface area (Å²) in [6.07, 6.45) is 6.36. The molecule has 2 aliphatic carbocycles. The van der Waals surface area contributed by atoms with Gasteiger partial charge < -0.3 is 10.1 Å². The average Bonchev–Trinajstić information content (AvgIpc) is 3.01. The van der Waals surface area contributed by atoms with Crippen LogP contribution < -0.4 is 10.6 Å². The second-order valence-electron chi connectivity index (χ2n) is 6.54. The fourth-order valence-corrected chi connectivity index (χ4v) is 4.51.